The summed E-state index contributed by atoms with van der Waals surface area (Å²) in [5, 5.41) is 0. The van der Waals surface area contributed by atoms with Gasteiger partial charge in [-0.3, -0.25) is 0 Å². The summed E-state index contributed by atoms with van der Waals surface area (Å²) >= 11 is 2.28. The van der Waals surface area contributed by atoms with Crippen LogP contribution in [-0.4, -0.2) is 21.1 Å². The van der Waals surface area contributed by atoms with Gasteiger partial charge in [0.25, 0.3) is 0 Å². The van der Waals surface area contributed by atoms with Gasteiger partial charge in [0, 0.05) is 11.3 Å². The van der Waals surface area contributed by atoms with Crippen molar-refractivity contribution in [3.05, 3.63) is 246 Å². The van der Waals surface area contributed by atoms with Crippen molar-refractivity contribution in [2.75, 3.05) is 9.62 Å². The summed E-state index contributed by atoms with van der Waals surface area (Å²) in [5.41, 5.74) is 11.2. The Morgan fingerprint density at radius 3 is 1.81 bits per heavy atom. The fourth-order valence-electron chi connectivity index (χ4n) is 10.4. The number of aromatic nitrogens is 3. The molecule has 0 aliphatic carbocycles. The first-order valence-electron chi connectivity index (χ1n) is 28.7. The number of rotatable bonds is 8. The van der Waals surface area contributed by atoms with Crippen molar-refractivity contribution >= 4 is 46.4 Å². The number of ether oxygens (including phenoxy) is 1. The summed E-state index contributed by atoms with van der Waals surface area (Å²) in [6.07, 6.45) is 0. The van der Waals surface area contributed by atoms with Gasteiger partial charge in [-0.05, 0) is 17.7 Å². The Kier molecular flexibility index (Phi) is 8.32. The molecule has 0 amide bonds. The van der Waals surface area contributed by atoms with Crippen molar-refractivity contribution in [3.8, 4) is 67.5 Å². The Morgan fingerprint density at radius 2 is 1.08 bits per heavy atom. The monoisotopic (exact) mass is 1120 g/mol. The van der Waals surface area contributed by atoms with Crippen LogP contribution in [0.3, 0.4) is 0 Å². The van der Waals surface area contributed by atoms with Crippen molar-refractivity contribution < 1.29 is 37.8 Å². The van der Waals surface area contributed by atoms with Gasteiger partial charge in [-0.15, -0.1) is 0 Å². The molecule has 2 aliphatic rings. The molecule has 2 aliphatic heterocycles. The van der Waals surface area contributed by atoms with Gasteiger partial charge in [-0.25, -0.2) is 0 Å². The van der Waals surface area contributed by atoms with E-state index in [-0.39, 0.29) is 34.7 Å². The molecule has 0 atom stereocenters. The number of para-hydroxylation sites is 6. The summed E-state index contributed by atoms with van der Waals surface area (Å²) in [5.74, 6) is 0.877. The molecular weight excluding hydrogens is 1060 g/mol. The molecule has 0 saturated heterocycles. The van der Waals surface area contributed by atoms with Gasteiger partial charge in [0.1, 0.15) is 0 Å². The van der Waals surface area contributed by atoms with Gasteiger partial charge in [0.05, 0.1) is 1.37 Å². The second-order valence-corrected chi connectivity index (χ2v) is 19.7. The summed E-state index contributed by atoms with van der Waals surface area (Å²) in [7, 11) is 0. The number of fused-ring (bicyclic) bond motifs is 9. The van der Waals surface area contributed by atoms with E-state index in [1.807, 2.05) is 142 Å². The van der Waals surface area contributed by atoms with Crippen molar-refractivity contribution in [3.63, 3.8) is 0 Å². The molecule has 0 N–H and O–H groups in total. The van der Waals surface area contributed by atoms with Crippen LogP contribution in [0, 0.1) is 3.80 Å². The molecule has 0 bridgehead atoms. The third-order valence-corrected chi connectivity index (χ3v) is 14.5. The van der Waals surface area contributed by atoms with Gasteiger partial charge in [0.2, 0.25) is 0 Å². The van der Waals surface area contributed by atoms with Crippen LogP contribution in [0.5, 0.6) is 11.6 Å². The van der Waals surface area contributed by atoms with Crippen molar-refractivity contribution in [2.45, 2.75) is 26.2 Å². The summed E-state index contributed by atoms with van der Waals surface area (Å²) in [6, 6.07) is 53.4. The molecule has 4 heterocycles. The summed E-state index contributed by atoms with van der Waals surface area (Å²) < 4.78 is 101. The molecule has 13 rings (SSSR count). The molecule has 9 aromatic carbocycles. The average molecular weight is 1120 g/mol. The number of imidazole rings is 1. The summed E-state index contributed by atoms with van der Waals surface area (Å²) in [4.78, 5) is 10.0. The quantitative estimate of drug-likeness (QED) is 0.142. The van der Waals surface area contributed by atoms with E-state index in [9.17, 15) is 5.48 Å². The van der Waals surface area contributed by atoms with Gasteiger partial charge in [-0.1, -0.05) is 54.6 Å². The molecule has 0 spiro atoms. The van der Waals surface area contributed by atoms with Crippen molar-refractivity contribution in [1.82, 2.24) is 14.1 Å². The number of hydrogen-bond acceptors (Lipinski definition) is 4. The Morgan fingerprint density at radius 1 is 0.514 bits per heavy atom. The van der Waals surface area contributed by atoms with Crippen LogP contribution in [0.1, 0.15) is 40.0 Å². The van der Waals surface area contributed by atoms with E-state index in [0.717, 1.165) is 55.8 Å². The number of hydrogen-bond donors (Lipinski definition) is 0. The molecule has 348 valence electrons. The molecule has 8 heteroatoms. The first-order chi connectivity index (χ1) is 39.5. The van der Waals surface area contributed by atoms with Crippen LogP contribution >= 0.6 is 0 Å². The van der Waals surface area contributed by atoms with Gasteiger partial charge in [-0.2, -0.15) is 0 Å². The minimum atomic E-state index is -0.718. The Labute approximate surface area is 445 Å². The number of pyridine rings is 1. The standard InChI is InChI=1S/C64H48BN5O.Pt/c1-64(2,3)53-42-60(70-59-40-20-19-39-58(59)69-55-36-16-14-32-52(55)51-31-13-15-35-54(51)65(69)70)66-63(61(53)46-27-11-6-12-28-46)71-48-30-21-29-47(41-48)67-43-68(57-38-18-17-37-56(57)67)62-49(44-23-7-4-8-24-44)33-22-34-50(62)45-25-9-5-10-26-45;/h4-42H,1-3H3;/i4D,6D,7D,8D,11D,12D,23D,24D,27D,28D;. The third kappa shape index (κ3) is 7.21. The first-order valence-corrected chi connectivity index (χ1v) is 24.8. The first kappa shape index (κ1) is 34.1. The van der Waals surface area contributed by atoms with Gasteiger partial charge < -0.3 is 0 Å². The fourth-order valence-corrected chi connectivity index (χ4v) is 11.5. The third-order valence-electron chi connectivity index (χ3n) is 13.5. The number of benzene rings is 9. The molecule has 0 unspecified atom stereocenters. The molecule has 11 aromatic rings. The van der Waals surface area contributed by atoms with Gasteiger partial charge in [0.15, 0.2) is 0 Å². The van der Waals surface area contributed by atoms with Crippen LogP contribution in [0.15, 0.2) is 236 Å². The molecule has 72 heavy (non-hydrogen) atoms. The number of anilines is 4. The van der Waals surface area contributed by atoms with Crippen LogP contribution in [0.4, 0.5) is 22.9 Å². The maximum absolute atomic E-state index is 9.43. The maximum atomic E-state index is 9.43. The van der Waals surface area contributed by atoms with Crippen LogP contribution < -0.4 is 19.8 Å². The zero-order chi connectivity index (χ0) is 57.2. The fraction of sp³-hybridized carbons (Fsp3) is 0.0625. The second kappa shape index (κ2) is 17.6. The van der Waals surface area contributed by atoms with Crippen LogP contribution in [-0.2, 0) is 24.8 Å². The number of nitrogens with zero attached hydrogens (tertiary/aromatic N) is 5. The molecule has 2 aromatic heterocycles. The van der Waals surface area contributed by atoms with E-state index in [1.54, 1.807) is 12.1 Å². The van der Waals surface area contributed by atoms with Crippen molar-refractivity contribution in [2.24, 2.45) is 0 Å². The summed E-state index contributed by atoms with van der Waals surface area (Å²) in [6.45, 7) is 5.67. The van der Waals surface area contributed by atoms with E-state index in [0.29, 0.717) is 37.9 Å². The topological polar surface area (TPSA) is 38.5 Å². The minimum absolute atomic E-state index is 0.0286. The molecule has 0 saturated carbocycles. The molecule has 0 radical (unpaired) electrons. The van der Waals surface area contributed by atoms with Crippen molar-refractivity contribution in [1.29, 1.82) is 0 Å². The Balaban J connectivity index is 1.04. The molecule has 6 nitrogen and oxygen atoms in total. The van der Waals surface area contributed by atoms with Crippen LogP contribution in [0.2, 0.25) is 0 Å². The van der Waals surface area contributed by atoms with Crippen LogP contribution in [0.25, 0.3) is 66.9 Å². The molecule has 0 fully saturated rings. The zero-order valence-corrected chi connectivity index (χ0v) is 41.6. The van der Waals surface area contributed by atoms with E-state index in [2.05, 4.69) is 80.6 Å². The Hall–Kier alpha value is -8.25. The predicted molar refractivity (Wildman–Crippen MR) is 293 cm³/mol. The molecular formula is C64H48BN5OPt. The van der Waals surface area contributed by atoms with E-state index < -0.39 is 60.7 Å². The van der Waals surface area contributed by atoms with Gasteiger partial charge >= 0.3 is 362 Å². The van der Waals surface area contributed by atoms with E-state index in [1.165, 1.54) is 0 Å². The second-order valence-electron chi connectivity index (χ2n) is 18.7. The SMILES string of the molecule is [2H]c1c([2H])c([2H])c(-c2cccc(-c3ccccc3)c2-n2[c](=[Pt])n(-c3cccc(Oc4nc(N5B6c7ccccc7-c7ccccc7N6c6ccccc65)cc(C(C)(C)C)c4-c4c([2H])c([2H])c([2H])c([2H])c4[2H])c3)c3ccccc32)c([2H])c1[2H]. The average Bonchev–Trinajstić information content (AvgIpc) is 3.45. The predicted octanol–water partition coefficient (Wildman–Crippen LogP) is 15.7. The zero-order valence-electron chi connectivity index (χ0n) is 49.3. The Bertz CT molecular complexity index is 4510. The van der Waals surface area contributed by atoms with E-state index in [4.69, 9.17) is 17.9 Å². The van der Waals surface area contributed by atoms with E-state index >= 15 is 0 Å². The normalized spacial score (nSPS) is 14.6.